The predicted octanol–water partition coefficient (Wildman–Crippen LogP) is 4.62. The average Bonchev–Trinajstić information content (AvgIpc) is 3.30. The lowest BCUT2D eigenvalue weighted by Crippen LogP contribution is -2.37. The van der Waals surface area contributed by atoms with E-state index in [1.165, 1.54) is 0 Å². The van der Waals surface area contributed by atoms with Crippen molar-refractivity contribution in [2.75, 3.05) is 6.61 Å². The molecule has 0 aliphatic carbocycles. The van der Waals surface area contributed by atoms with Gasteiger partial charge in [-0.3, -0.25) is 4.79 Å². The van der Waals surface area contributed by atoms with E-state index in [0.29, 0.717) is 24.4 Å². The Hall–Kier alpha value is -2.88. The average molecular weight is 372 g/mol. The number of aryl methyl sites for hydroxylation is 1. The van der Waals surface area contributed by atoms with E-state index in [1.54, 1.807) is 0 Å². The van der Waals surface area contributed by atoms with E-state index in [0.717, 1.165) is 41.2 Å². The van der Waals surface area contributed by atoms with Crippen LogP contribution in [0.25, 0.3) is 10.8 Å². The third-order valence-electron chi connectivity index (χ3n) is 6.25. The number of benzene rings is 2. The third-order valence-corrected chi connectivity index (χ3v) is 6.25. The van der Waals surface area contributed by atoms with Crippen molar-refractivity contribution < 1.29 is 9.53 Å². The van der Waals surface area contributed by atoms with Gasteiger partial charge >= 0.3 is 0 Å². The van der Waals surface area contributed by atoms with Gasteiger partial charge in [-0.25, -0.2) is 4.98 Å². The molecule has 3 heterocycles. The summed E-state index contributed by atoms with van der Waals surface area (Å²) in [4.78, 5) is 19.9. The third kappa shape index (κ3) is 2.93. The number of ether oxygens (including phenoxy) is 1. The minimum Gasteiger partial charge on any atom is -0.477 e. The number of amides is 1. The second kappa shape index (κ2) is 6.93. The molecule has 2 fully saturated rings. The fourth-order valence-electron chi connectivity index (χ4n) is 4.89. The van der Waals surface area contributed by atoms with Gasteiger partial charge in [-0.05, 0) is 48.6 Å². The van der Waals surface area contributed by atoms with Crippen molar-refractivity contribution in [3.05, 3.63) is 71.9 Å². The minimum absolute atomic E-state index is 0.167. The quantitative estimate of drug-likeness (QED) is 0.671. The molecule has 5 rings (SSSR count). The van der Waals surface area contributed by atoms with Crippen LogP contribution in [-0.2, 0) is 0 Å². The molecule has 28 heavy (non-hydrogen) atoms. The number of aromatic nitrogens is 1. The first-order chi connectivity index (χ1) is 13.7. The van der Waals surface area contributed by atoms with Gasteiger partial charge in [0.15, 0.2) is 0 Å². The van der Waals surface area contributed by atoms with Crippen molar-refractivity contribution in [1.82, 2.24) is 9.88 Å². The summed E-state index contributed by atoms with van der Waals surface area (Å²) in [6.45, 7) is 2.64. The fraction of sp³-hybridized carbons (Fsp3) is 0.333. The molecule has 4 nitrogen and oxygen atoms in total. The lowest BCUT2D eigenvalue weighted by molar-refractivity contribution is 0.0712. The number of hydrogen-bond donors (Lipinski definition) is 0. The molecule has 2 saturated heterocycles. The molecule has 1 amide bonds. The van der Waals surface area contributed by atoms with Crippen molar-refractivity contribution in [2.24, 2.45) is 5.92 Å². The molecule has 4 heteroatoms. The van der Waals surface area contributed by atoms with Gasteiger partial charge in [-0.15, -0.1) is 0 Å². The molecule has 0 spiro atoms. The predicted molar refractivity (Wildman–Crippen MR) is 110 cm³/mol. The van der Waals surface area contributed by atoms with Crippen molar-refractivity contribution >= 4 is 16.7 Å². The van der Waals surface area contributed by atoms with E-state index in [1.807, 2.05) is 55.6 Å². The van der Waals surface area contributed by atoms with E-state index in [-0.39, 0.29) is 11.9 Å². The molecule has 2 aliphatic rings. The normalized spacial score (nSPS) is 23.3. The smallest absolute Gasteiger partial charge is 0.254 e. The van der Waals surface area contributed by atoms with Gasteiger partial charge in [0.1, 0.15) is 0 Å². The maximum atomic E-state index is 13.5. The SMILES string of the molecule is Cc1ccc(OCC2CC3CCC2N3C(=O)c2cccc3ccccc23)nc1. The van der Waals surface area contributed by atoms with Crippen molar-refractivity contribution in [3.8, 4) is 5.88 Å². The first-order valence-electron chi connectivity index (χ1n) is 10.1. The van der Waals surface area contributed by atoms with Crippen LogP contribution in [0.4, 0.5) is 0 Å². The van der Waals surface area contributed by atoms with E-state index >= 15 is 0 Å². The Morgan fingerprint density at radius 1 is 1.11 bits per heavy atom. The molecule has 2 aliphatic heterocycles. The number of rotatable bonds is 4. The summed E-state index contributed by atoms with van der Waals surface area (Å²) < 4.78 is 5.95. The maximum Gasteiger partial charge on any atom is 0.254 e. The first kappa shape index (κ1) is 17.2. The van der Waals surface area contributed by atoms with Crippen LogP contribution in [0, 0.1) is 12.8 Å². The summed E-state index contributed by atoms with van der Waals surface area (Å²) in [5.74, 6) is 1.21. The topological polar surface area (TPSA) is 42.4 Å². The summed E-state index contributed by atoms with van der Waals surface area (Å²) in [6, 6.07) is 18.7. The lowest BCUT2D eigenvalue weighted by Gasteiger charge is -2.25. The van der Waals surface area contributed by atoms with Gasteiger partial charge in [0.2, 0.25) is 5.88 Å². The highest BCUT2D eigenvalue weighted by atomic mass is 16.5. The second-order valence-corrected chi connectivity index (χ2v) is 8.02. The highest BCUT2D eigenvalue weighted by Crippen LogP contribution is 2.43. The number of pyridine rings is 1. The zero-order valence-corrected chi connectivity index (χ0v) is 16.0. The lowest BCUT2D eigenvalue weighted by atomic mass is 9.90. The summed E-state index contributed by atoms with van der Waals surface area (Å²) in [5, 5.41) is 2.16. The number of nitrogens with zero attached hydrogens (tertiary/aromatic N) is 2. The molecule has 142 valence electrons. The van der Waals surface area contributed by atoms with Crippen molar-refractivity contribution in [2.45, 2.75) is 38.3 Å². The molecule has 0 saturated carbocycles. The highest BCUT2D eigenvalue weighted by molar-refractivity contribution is 6.07. The highest BCUT2D eigenvalue weighted by Gasteiger charge is 2.48. The van der Waals surface area contributed by atoms with E-state index in [2.05, 4.69) is 22.0 Å². The molecule has 3 atom stereocenters. The zero-order chi connectivity index (χ0) is 19.1. The van der Waals surface area contributed by atoms with Crippen LogP contribution < -0.4 is 4.74 Å². The standard InChI is InChI=1S/C24H24N2O2/c1-16-9-12-23(25-14-16)28-15-18-13-19-10-11-22(18)26(19)24(27)21-8-4-6-17-5-2-3-7-20(17)21/h2-9,12,14,18-19,22H,10-11,13,15H2,1H3. The van der Waals surface area contributed by atoms with Gasteiger partial charge in [0, 0.05) is 35.8 Å². The minimum atomic E-state index is 0.167. The molecule has 3 aromatic rings. The molecule has 1 aromatic heterocycles. The van der Waals surface area contributed by atoms with Crippen molar-refractivity contribution in [3.63, 3.8) is 0 Å². The van der Waals surface area contributed by atoms with E-state index in [9.17, 15) is 4.79 Å². The molecule has 2 aromatic carbocycles. The Bertz CT molecular complexity index is 1010. The largest absolute Gasteiger partial charge is 0.477 e. The van der Waals surface area contributed by atoms with Crippen LogP contribution >= 0.6 is 0 Å². The van der Waals surface area contributed by atoms with Crippen LogP contribution in [0.5, 0.6) is 5.88 Å². The Kier molecular flexibility index (Phi) is 4.27. The second-order valence-electron chi connectivity index (χ2n) is 8.02. The van der Waals surface area contributed by atoms with Crippen LogP contribution in [0.2, 0.25) is 0 Å². The molecular formula is C24H24N2O2. The Labute approximate surface area is 165 Å². The van der Waals surface area contributed by atoms with E-state index < -0.39 is 0 Å². The monoisotopic (exact) mass is 372 g/mol. The zero-order valence-electron chi connectivity index (χ0n) is 16.0. The van der Waals surface area contributed by atoms with Gasteiger partial charge in [-0.1, -0.05) is 42.5 Å². The summed E-state index contributed by atoms with van der Waals surface area (Å²) in [7, 11) is 0. The molecule has 0 radical (unpaired) electrons. The summed E-state index contributed by atoms with van der Waals surface area (Å²) in [5.41, 5.74) is 1.94. The molecular weight excluding hydrogens is 348 g/mol. The van der Waals surface area contributed by atoms with Crippen LogP contribution in [-0.4, -0.2) is 34.5 Å². The van der Waals surface area contributed by atoms with Gasteiger partial charge in [0.05, 0.1) is 6.61 Å². The van der Waals surface area contributed by atoms with Gasteiger partial charge in [0.25, 0.3) is 5.91 Å². The molecule has 3 unspecified atom stereocenters. The summed E-state index contributed by atoms with van der Waals surface area (Å²) in [6.07, 6.45) is 5.01. The number of hydrogen-bond acceptors (Lipinski definition) is 3. The summed E-state index contributed by atoms with van der Waals surface area (Å²) >= 11 is 0. The van der Waals surface area contributed by atoms with Crippen LogP contribution in [0.15, 0.2) is 60.8 Å². The number of fused-ring (bicyclic) bond motifs is 3. The van der Waals surface area contributed by atoms with Crippen LogP contribution in [0.3, 0.4) is 0 Å². The van der Waals surface area contributed by atoms with E-state index in [4.69, 9.17) is 4.74 Å². The molecule has 0 N–H and O–H groups in total. The number of carbonyl (C=O) groups is 1. The van der Waals surface area contributed by atoms with Gasteiger partial charge in [-0.2, -0.15) is 0 Å². The fourth-order valence-corrected chi connectivity index (χ4v) is 4.89. The Morgan fingerprint density at radius 2 is 1.96 bits per heavy atom. The van der Waals surface area contributed by atoms with Crippen LogP contribution in [0.1, 0.15) is 35.2 Å². The van der Waals surface area contributed by atoms with Crippen molar-refractivity contribution in [1.29, 1.82) is 0 Å². The van der Waals surface area contributed by atoms with Gasteiger partial charge < -0.3 is 9.64 Å². The maximum absolute atomic E-state index is 13.5. The first-order valence-corrected chi connectivity index (χ1v) is 10.1. The number of carbonyl (C=O) groups excluding carboxylic acids is 1. The molecule has 2 bridgehead atoms. The Morgan fingerprint density at radius 3 is 2.82 bits per heavy atom. The Balaban J connectivity index is 1.35.